The van der Waals surface area contributed by atoms with Gasteiger partial charge in [-0.1, -0.05) is 23.7 Å². The number of halogens is 3. The van der Waals surface area contributed by atoms with Gasteiger partial charge in [-0.3, -0.25) is 0 Å². The first-order chi connectivity index (χ1) is 12.4. The average molecular weight is 647 g/mol. The fourth-order valence-corrected chi connectivity index (χ4v) is 2.66. The van der Waals surface area contributed by atoms with Crippen molar-refractivity contribution in [2.75, 3.05) is 11.9 Å². The quantitative estimate of drug-likeness (QED) is 0.129. The van der Waals surface area contributed by atoms with Crippen molar-refractivity contribution >= 4 is 50.7 Å². The molecule has 1 aromatic heterocycles. The molecular formula is C17H16BrClFN3O2ReS-2. The number of amidine groups is 1. The summed E-state index contributed by atoms with van der Waals surface area (Å²) in [6.45, 7) is 5.62. The Labute approximate surface area is 188 Å². The Morgan fingerprint density at radius 2 is 2.15 bits per heavy atom. The van der Waals surface area contributed by atoms with Gasteiger partial charge in [-0.2, -0.15) is 12.6 Å². The number of allylic oxidation sites excluding steroid dienone is 1. The van der Waals surface area contributed by atoms with E-state index in [0.29, 0.717) is 16.0 Å². The molecule has 0 saturated carbocycles. The van der Waals surface area contributed by atoms with Gasteiger partial charge in [0.2, 0.25) is 5.97 Å². The molecule has 0 aliphatic rings. The number of hydrogen-bond donors (Lipinski definition) is 1. The smallest absolute Gasteiger partial charge is 0.219 e. The van der Waals surface area contributed by atoms with E-state index in [1.54, 1.807) is 30.6 Å². The first-order valence-electron chi connectivity index (χ1n) is 7.31. The number of thiazole rings is 1. The Balaban J connectivity index is 0.000000629. The first-order valence-corrected chi connectivity index (χ1v) is 9.69. The van der Waals surface area contributed by atoms with Gasteiger partial charge in [0.15, 0.2) is 0 Å². The van der Waals surface area contributed by atoms with E-state index in [1.807, 2.05) is 0 Å². The molecule has 0 amide bonds. The molecule has 27 heavy (non-hydrogen) atoms. The van der Waals surface area contributed by atoms with Crippen LogP contribution in [0.5, 0.6) is 0 Å². The monoisotopic (exact) mass is 646 g/mol. The molecule has 0 saturated heterocycles. The molecule has 0 unspecified atom stereocenters. The fraction of sp³-hybridized carbons (Fsp3) is 0.176. The van der Waals surface area contributed by atoms with Crippen molar-refractivity contribution in [2.45, 2.75) is 6.92 Å². The van der Waals surface area contributed by atoms with Crippen molar-refractivity contribution in [1.82, 2.24) is 10.3 Å². The van der Waals surface area contributed by atoms with Crippen LogP contribution in [0.25, 0.3) is 5.41 Å². The maximum atomic E-state index is 12.2. The maximum absolute atomic E-state index is 12.2. The number of alkyl halides is 1. The molecule has 0 atom stereocenters. The molecular weight excluding hydrogens is 631 g/mol. The van der Waals surface area contributed by atoms with Crippen molar-refractivity contribution in [2.24, 2.45) is 0 Å². The third-order valence-electron chi connectivity index (χ3n) is 2.75. The van der Waals surface area contributed by atoms with Crippen LogP contribution in [-0.2, 0) is 30.0 Å². The normalized spacial score (nSPS) is 10.5. The number of carbonyl (C=O) groups is 1. The van der Waals surface area contributed by atoms with Gasteiger partial charge in [0.05, 0.1) is 11.6 Å². The van der Waals surface area contributed by atoms with Crippen molar-refractivity contribution in [3.63, 3.8) is 0 Å². The summed E-state index contributed by atoms with van der Waals surface area (Å²) in [4.78, 5) is 15.4. The molecule has 0 spiro atoms. The zero-order valence-corrected chi connectivity index (χ0v) is 20.1. The number of rotatable bonds is 5. The maximum Gasteiger partial charge on any atom is 0.219 e. The van der Waals surface area contributed by atoms with E-state index in [9.17, 15) is 14.6 Å². The van der Waals surface area contributed by atoms with E-state index in [-0.39, 0.29) is 49.3 Å². The number of ether oxygens (including phenoxy) is 1. The SMILES string of the molecule is Fc1ccccc1Cl.[CH2-]/C(C(=O)OCC)=C(/CBr)NC(=[N-])c1nccs1.[Re]. The van der Waals surface area contributed by atoms with Gasteiger partial charge in [-0.05, 0) is 30.2 Å². The summed E-state index contributed by atoms with van der Waals surface area (Å²) in [6, 6.07) is 6.12. The molecule has 1 N–H and O–H groups in total. The van der Waals surface area contributed by atoms with Crippen LogP contribution >= 0.6 is 38.9 Å². The van der Waals surface area contributed by atoms with Crippen LogP contribution in [0, 0.1) is 12.7 Å². The molecule has 2 rings (SSSR count). The second-order valence-corrected chi connectivity index (χ2v) is 6.40. The first kappa shape index (κ1) is 25.8. The van der Waals surface area contributed by atoms with Gasteiger partial charge in [-0.25, -0.2) is 9.37 Å². The van der Waals surface area contributed by atoms with Gasteiger partial charge >= 0.3 is 0 Å². The van der Waals surface area contributed by atoms with Crippen molar-refractivity contribution < 1.29 is 34.3 Å². The van der Waals surface area contributed by atoms with Crippen LogP contribution in [0.15, 0.2) is 47.1 Å². The predicted octanol–water partition coefficient (Wildman–Crippen LogP) is 4.57. The zero-order valence-electron chi connectivity index (χ0n) is 14.2. The number of benzene rings is 1. The number of nitrogens with one attached hydrogen (secondary N) is 1. The van der Waals surface area contributed by atoms with Gasteiger partial charge in [0.1, 0.15) is 10.8 Å². The third-order valence-corrected chi connectivity index (χ3v) is 4.40. The average Bonchev–Trinajstić information content (AvgIpc) is 3.17. The Hall–Kier alpha value is -1.24. The molecule has 5 nitrogen and oxygen atoms in total. The fourth-order valence-electron chi connectivity index (χ4n) is 1.51. The minimum Gasteiger partial charge on any atom is -0.520 e. The van der Waals surface area contributed by atoms with Crippen LogP contribution in [0.2, 0.25) is 5.02 Å². The van der Waals surface area contributed by atoms with E-state index >= 15 is 0 Å². The van der Waals surface area contributed by atoms with Gasteiger partial charge in [-0.15, -0.1) is 32.8 Å². The molecule has 1 aromatic carbocycles. The Bertz CT molecular complexity index is 754. The summed E-state index contributed by atoms with van der Waals surface area (Å²) in [5, 5.41) is 15.2. The van der Waals surface area contributed by atoms with Crippen molar-refractivity contribution in [1.29, 1.82) is 0 Å². The van der Waals surface area contributed by atoms with Crippen molar-refractivity contribution in [3.8, 4) is 0 Å². The zero-order chi connectivity index (χ0) is 19.5. The number of aromatic nitrogens is 1. The summed E-state index contributed by atoms with van der Waals surface area (Å²) >= 11 is 9.83. The largest absolute Gasteiger partial charge is 0.520 e. The van der Waals surface area contributed by atoms with Crippen molar-refractivity contribution in [3.05, 3.63) is 75.3 Å². The summed E-state index contributed by atoms with van der Waals surface area (Å²) in [5.74, 6) is -1.01. The standard InChI is InChI=1S/C11H12BrN3O2S.C6H4ClF.Re/c1-3-17-11(16)7(2)8(6-12)15-9(13)10-14-4-5-18-10;7-5-3-1-2-4-6(5)8;/h4-5H,2-3,6H2,1H3,(H-,13,15,16);1-4H;/q-2;;. The summed E-state index contributed by atoms with van der Waals surface area (Å²) in [6.07, 6.45) is 1.58. The number of esters is 1. The third kappa shape index (κ3) is 9.00. The van der Waals surface area contributed by atoms with E-state index < -0.39 is 5.97 Å². The van der Waals surface area contributed by atoms with Crippen LogP contribution in [-0.4, -0.2) is 28.7 Å². The summed E-state index contributed by atoms with van der Waals surface area (Å²) in [5.41, 5.74) is 0.595. The van der Waals surface area contributed by atoms with Gasteiger partial charge in [0, 0.05) is 32.0 Å². The summed E-state index contributed by atoms with van der Waals surface area (Å²) in [7, 11) is 0. The number of hydrogen-bond acceptors (Lipinski definition) is 4. The molecule has 1 radical (unpaired) electrons. The Morgan fingerprint density at radius 1 is 1.48 bits per heavy atom. The molecule has 0 bridgehead atoms. The minimum atomic E-state index is -0.522. The van der Waals surface area contributed by atoms with Gasteiger partial charge < -0.3 is 20.3 Å². The van der Waals surface area contributed by atoms with Crippen LogP contribution in [0.3, 0.4) is 0 Å². The van der Waals surface area contributed by atoms with E-state index in [0.717, 1.165) is 0 Å². The molecule has 10 heteroatoms. The second-order valence-electron chi connectivity index (χ2n) is 4.54. The van der Waals surface area contributed by atoms with Crippen LogP contribution in [0.1, 0.15) is 11.9 Å². The molecule has 0 aliphatic heterocycles. The van der Waals surface area contributed by atoms with Crippen LogP contribution in [0.4, 0.5) is 4.39 Å². The predicted molar refractivity (Wildman–Crippen MR) is 107 cm³/mol. The minimum absolute atomic E-state index is 0. The Kier molecular flexibility index (Phi) is 13.2. The van der Waals surface area contributed by atoms with E-state index in [1.165, 1.54) is 23.5 Å². The Morgan fingerprint density at radius 3 is 2.59 bits per heavy atom. The second kappa shape index (κ2) is 13.9. The molecule has 0 fully saturated rings. The summed E-state index contributed by atoms with van der Waals surface area (Å²) < 4.78 is 17.0. The molecule has 147 valence electrons. The number of nitrogens with zero attached hydrogens (tertiary/aromatic N) is 2. The van der Waals surface area contributed by atoms with E-state index in [4.69, 9.17) is 16.3 Å². The topological polar surface area (TPSA) is 73.5 Å². The van der Waals surface area contributed by atoms with Gasteiger partial charge in [0.25, 0.3) is 0 Å². The molecule has 2 aromatic rings. The van der Waals surface area contributed by atoms with E-state index in [2.05, 4.69) is 33.2 Å². The molecule has 0 aliphatic carbocycles. The number of carbonyl (C=O) groups excluding carboxylic acids is 1. The molecule has 1 heterocycles. The van der Waals surface area contributed by atoms with Crippen LogP contribution < -0.4 is 5.32 Å².